The summed E-state index contributed by atoms with van der Waals surface area (Å²) < 4.78 is 10.2. The van der Waals surface area contributed by atoms with E-state index in [0.717, 1.165) is 0 Å². The Morgan fingerprint density at radius 1 is 1.38 bits per heavy atom. The molecule has 0 unspecified atom stereocenters. The van der Waals surface area contributed by atoms with Gasteiger partial charge in [-0.3, -0.25) is 0 Å². The third kappa shape index (κ3) is 3.13. The SMILES string of the molecule is COCCOc1ccc(Cl)cc1N. The molecule has 0 bridgehead atoms. The summed E-state index contributed by atoms with van der Waals surface area (Å²) in [5.41, 5.74) is 6.20. The minimum absolute atomic E-state index is 0.488. The molecule has 0 aliphatic heterocycles. The highest BCUT2D eigenvalue weighted by Crippen LogP contribution is 2.24. The number of ether oxygens (including phenoxy) is 2. The first-order valence-electron chi connectivity index (χ1n) is 3.91. The highest BCUT2D eigenvalue weighted by atomic mass is 35.5. The molecule has 1 aromatic rings. The van der Waals surface area contributed by atoms with Gasteiger partial charge in [0.2, 0.25) is 0 Å². The third-order valence-electron chi connectivity index (χ3n) is 1.52. The van der Waals surface area contributed by atoms with Gasteiger partial charge < -0.3 is 15.2 Å². The van der Waals surface area contributed by atoms with E-state index in [4.69, 9.17) is 26.8 Å². The van der Waals surface area contributed by atoms with Crippen molar-refractivity contribution in [1.82, 2.24) is 0 Å². The Labute approximate surface area is 82.4 Å². The topological polar surface area (TPSA) is 44.5 Å². The number of hydrogen-bond acceptors (Lipinski definition) is 3. The van der Waals surface area contributed by atoms with E-state index in [-0.39, 0.29) is 0 Å². The van der Waals surface area contributed by atoms with Gasteiger partial charge in [0, 0.05) is 12.1 Å². The second kappa shape index (κ2) is 4.94. The molecule has 0 aromatic heterocycles. The van der Waals surface area contributed by atoms with E-state index < -0.39 is 0 Å². The molecule has 0 saturated carbocycles. The maximum Gasteiger partial charge on any atom is 0.142 e. The number of hydrogen-bond donors (Lipinski definition) is 1. The fourth-order valence-electron chi connectivity index (χ4n) is 0.886. The van der Waals surface area contributed by atoms with E-state index in [1.807, 2.05) is 0 Å². The summed E-state index contributed by atoms with van der Waals surface area (Å²) in [6, 6.07) is 5.14. The van der Waals surface area contributed by atoms with E-state index in [1.54, 1.807) is 25.3 Å². The molecule has 0 aliphatic carbocycles. The highest BCUT2D eigenvalue weighted by molar-refractivity contribution is 6.30. The second-order valence-corrected chi connectivity index (χ2v) is 2.96. The van der Waals surface area contributed by atoms with E-state index in [1.165, 1.54) is 0 Å². The average molecular weight is 202 g/mol. The van der Waals surface area contributed by atoms with Gasteiger partial charge in [-0.1, -0.05) is 11.6 Å². The number of halogens is 1. The Hall–Kier alpha value is -0.930. The normalized spacial score (nSPS) is 10.0. The number of rotatable bonds is 4. The van der Waals surface area contributed by atoms with Crippen LogP contribution in [-0.4, -0.2) is 20.3 Å². The number of nitrogen functional groups attached to an aromatic ring is 1. The summed E-state index contributed by atoms with van der Waals surface area (Å²) in [5.74, 6) is 0.640. The van der Waals surface area contributed by atoms with Gasteiger partial charge >= 0.3 is 0 Å². The summed E-state index contributed by atoms with van der Waals surface area (Å²) in [4.78, 5) is 0. The molecule has 0 spiro atoms. The Kier molecular flexibility index (Phi) is 3.86. The lowest BCUT2D eigenvalue weighted by Crippen LogP contribution is -2.05. The largest absolute Gasteiger partial charge is 0.489 e. The lowest BCUT2D eigenvalue weighted by atomic mass is 10.3. The predicted octanol–water partition coefficient (Wildman–Crippen LogP) is 1.95. The zero-order valence-electron chi connectivity index (χ0n) is 7.42. The van der Waals surface area contributed by atoms with Crippen LogP contribution < -0.4 is 10.5 Å². The van der Waals surface area contributed by atoms with Crippen molar-refractivity contribution in [1.29, 1.82) is 0 Å². The van der Waals surface area contributed by atoms with Gasteiger partial charge in [0.1, 0.15) is 12.4 Å². The van der Waals surface area contributed by atoms with Crippen LogP contribution in [0.15, 0.2) is 18.2 Å². The molecule has 0 heterocycles. The number of anilines is 1. The van der Waals surface area contributed by atoms with Crippen LogP contribution in [-0.2, 0) is 4.74 Å². The predicted molar refractivity (Wildman–Crippen MR) is 53.2 cm³/mol. The molecule has 1 aromatic carbocycles. The lowest BCUT2D eigenvalue weighted by molar-refractivity contribution is 0.146. The van der Waals surface area contributed by atoms with Crippen LogP contribution in [0, 0.1) is 0 Å². The first kappa shape index (κ1) is 10.2. The molecular formula is C9H12ClNO2. The molecule has 0 radical (unpaired) electrons. The fraction of sp³-hybridized carbons (Fsp3) is 0.333. The van der Waals surface area contributed by atoms with Crippen molar-refractivity contribution in [2.24, 2.45) is 0 Å². The summed E-state index contributed by atoms with van der Waals surface area (Å²) in [5, 5.41) is 0.608. The van der Waals surface area contributed by atoms with Gasteiger partial charge in [0.25, 0.3) is 0 Å². The van der Waals surface area contributed by atoms with Gasteiger partial charge in [-0.15, -0.1) is 0 Å². The average Bonchev–Trinajstić information content (AvgIpc) is 2.09. The minimum atomic E-state index is 0.488. The van der Waals surface area contributed by atoms with Crippen molar-refractivity contribution in [2.75, 3.05) is 26.1 Å². The Bertz CT molecular complexity index is 278. The number of benzene rings is 1. The van der Waals surface area contributed by atoms with Gasteiger partial charge in [-0.2, -0.15) is 0 Å². The molecule has 0 fully saturated rings. The number of methoxy groups -OCH3 is 1. The van der Waals surface area contributed by atoms with E-state index in [9.17, 15) is 0 Å². The summed E-state index contributed by atoms with van der Waals surface area (Å²) >= 11 is 5.72. The summed E-state index contributed by atoms with van der Waals surface area (Å²) in [6.45, 7) is 1.03. The molecular weight excluding hydrogens is 190 g/mol. The molecule has 0 aliphatic rings. The molecule has 4 heteroatoms. The highest BCUT2D eigenvalue weighted by Gasteiger charge is 1.99. The molecule has 13 heavy (non-hydrogen) atoms. The standard InChI is InChI=1S/C9H12ClNO2/c1-12-4-5-13-9-3-2-7(10)6-8(9)11/h2-3,6H,4-5,11H2,1H3. The van der Waals surface area contributed by atoms with Gasteiger partial charge in [0.15, 0.2) is 0 Å². The van der Waals surface area contributed by atoms with Crippen LogP contribution >= 0.6 is 11.6 Å². The molecule has 3 nitrogen and oxygen atoms in total. The molecule has 72 valence electrons. The van der Waals surface area contributed by atoms with Gasteiger partial charge in [-0.25, -0.2) is 0 Å². The first-order chi connectivity index (χ1) is 6.24. The monoisotopic (exact) mass is 201 g/mol. The van der Waals surface area contributed by atoms with Crippen LogP contribution in [0.4, 0.5) is 5.69 Å². The maximum atomic E-state index is 5.72. The zero-order valence-corrected chi connectivity index (χ0v) is 8.17. The zero-order chi connectivity index (χ0) is 9.68. The second-order valence-electron chi connectivity index (χ2n) is 2.52. The molecule has 0 atom stereocenters. The Morgan fingerprint density at radius 2 is 2.15 bits per heavy atom. The fourth-order valence-corrected chi connectivity index (χ4v) is 1.07. The van der Waals surface area contributed by atoms with Crippen molar-refractivity contribution < 1.29 is 9.47 Å². The Morgan fingerprint density at radius 3 is 2.77 bits per heavy atom. The smallest absolute Gasteiger partial charge is 0.142 e. The lowest BCUT2D eigenvalue weighted by Gasteiger charge is -2.07. The van der Waals surface area contributed by atoms with Crippen LogP contribution in [0.25, 0.3) is 0 Å². The van der Waals surface area contributed by atoms with Crippen molar-refractivity contribution >= 4 is 17.3 Å². The molecule has 0 amide bonds. The van der Waals surface area contributed by atoms with Gasteiger partial charge in [-0.05, 0) is 18.2 Å². The summed E-state index contributed by atoms with van der Waals surface area (Å²) in [7, 11) is 1.62. The van der Waals surface area contributed by atoms with Crippen molar-refractivity contribution in [3.8, 4) is 5.75 Å². The van der Waals surface area contributed by atoms with E-state index in [2.05, 4.69) is 0 Å². The maximum absolute atomic E-state index is 5.72. The van der Waals surface area contributed by atoms with Crippen LogP contribution in [0.5, 0.6) is 5.75 Å². The summed E-state index contributed by atoms with van der Waals surface area (Å²) in [6.07, 6.45) is 0. The molecule has 2 N–H and O–H groups in total. The number of nitrogens with two attached hydrogens (primary N) is 1. The van der Waals surface area contributed by atoms with Crippen molar-refractivity contribution in [3.05, 3.63) is 23.2 Å². The minimum Gasteiger partial charge on any atom is -0.489 e. The molecule has 1 rings (SSSR count). The quantitative estimate of drug-likeness (QED) is 0.598. The Balaban J connectivity index is 2.56. The van der Waals surface area contributed by atoms with Crippen LogP contribution in [0.3, 0.4) is 0 Å². The van der Waals surface area contributed by atoms with Crippen LogP contribution in [0.2, 0.25) is 5.02 Å². The molecule has 0 saturated heterocycles. The van der Waals surface area contributed by atoms with E-state index >= 15 is 0 Å². The van der Waals surface area contributed by atoms with Crippen LogP contribution in [0.1, 0.15) is 0 Å². The van der Waals surface area contributed by atoms with Gasteiger partial charge in [0.05, 0.1) is 12.3 Å². The van der Waals surface area contributed by atoms with Crippen molar-refractivity contribution in [2.45, 2.75) is 0 Å². The van der Waals surface area contributed by atoms with Crippen molar-refractivity contribution in [3.63, 3.8) is 0 Å². The van der Waals surface area contributed by atoms with E-state index in [0.29, 0.717) is 29.7 Å². The first-order valence-corrected chi connectivity index (χ1v) is 4.28. The third-order valence-corrected chi connectivity index (χ3v) is 1.75.